The molecule has 74 heavy (non-hydrogen) atoms. The van der Waals surface area contributed by atoms with E-state index in [4.69, 9.17) is 14.2 Å². The van der Waals surface area contributed by atoms with Crippen molar-refractivity contribution in [3.8, 4) is 0 Å². The number of thiazole rings is 1. The molecule has 21 heteroatoms. The number of hydrogen-bond acceptors (Lipinski definition) is 13. The summed E-state index contributed by atoms with van der Waals surface area (Å²) in [5, 5.41) is 17.5. The number of ether oxygens (including phenoxy) is 3. The number of halogens is 2. The standard InChI is InChI=1S/C53H78Br2N6O12S/c1-12-32(4)44(58-46(65)38-20-16-17-23-60(38)41(63)21-24-71-52(7,8)22-25-72-53(9,10)30-61-48(66)42(54)43(55)49(61)67)50(68)59(11)39(31(2)3)28-40(73-34(6)62)47-57-37(29-74-47)45(64)56-36(26-33(5)51(69)70)27-35-18-14-13-15-19-35/h13-15,18-19,29,31-33,36,38-40,42-44H,12,16-17,20-28,30H2,1-11H3,(H,56,64)(H,58,65)(H,69,70)/t32-,33-,36+,38+,39+,40+,42?,43?,44-/m0/s1. The molecule has 18 nitrogen and oxygen atoms in total. The van der Waals surface area contributed by atoms with Crippen LogP contribution < -0.4 is 10.6 Å². The Morgan fingerprint density at radius 2 is 1.55 bits per heavy atom. The van der Waals surface area contributed by atoms with Gasteiger partial charge in [-0.05, 0) is 83.6 Å². The van der Waals surface area contributed by atoms with Crippen LogP contribution in [0.1, 0.15) is 148 Å². The van der Waals surface area contributed by atoms with Gasteiger partial charge in [-0.25, -0.2) is 4.98 Å². The third-order valence-corrected chi connectivity index (χ3v) is 17.3. The number of amides is 6. The second-order valence-electron chi connectivity index (χ2n) is 21.3. The lowest BCUT2D eigenvalue weighted by Crippen LogP contribution is -2.59. The van der Waals surface area contributed by atoms with Crippen molar-refractivity contribution in [3.63, 3.8) is 0 Å². The molecule has 2 aliphatic heterocycles. The minimum atomic E-state index is -0.973. The normalized spacial score (nSPS) is 19.8. The Labute approximate surface area is 457 Å². The van der Waals surface area contributed by atoms with Gasteiger partial charge in [0.1, 0.15) is 32.4 Å². The third kappa shape index (κ3) is 17.9. The number of carboxylic acids is 1. The number of hydrogen-bond donors (Lipinski definition) is 3. The summed E-state index contributed by atoms with van der Waals surface area (Å²) in [7, 11) is 1.66. The van der Waals surface area contributed by atoms with Crippen molar-refractivity contribution in [2.75, 3.05) is 33.4 Å². The van der Waals surface area contributed by atoms with Gasteiger partial charge in [0.15, 0.2) is 6.10 Å². The minimum Gasteiger partial charge on any atom is -0.481 e. The Hall–Kier alpha value is -4.31. The fourth-order valence-corrected chi connectivity index (χ4v) is 11.0. The molecule has 4 rings (SSSR count). The van der Waals surface area contributed by atoms with Crippen LogP contribution in [-0.2, 0) is 54.2 Å². The van der Waals surface area contributed by atoms with E-state index in [-0.39, 0.29) is 80.2 Å². The van der Waals surface area contributed by atoms with Gasteiger partial charge in [0.25, 0.3) is 5.91 Å². The van der Waals surface area contributed by atoms with Gasteiger partial charge >= 0.3 is 11.9 Å². The van der Waals surface area contributed by atoms with Crippen molar-refractivity contribution in [1.82, 2.24) is 30.3 Å². The zero-order chi connectivity index (χ0) is 55.2. The molecule has 0 spiro atoms. The first-order valence-electron chi connectivity index (χ1n) is 25.6. The molecule has 3 N–H and O–H groups in total. The predicted molar refractivity (Wildman–Crippen MR) is 288 cm³/mol. The molecule has 0 aliphatic carbocycles. The predicted octanol–water partition coefficient (Wildman–Crippen LogP) is 7.25. The van der Waals surface area contributed by atoms with Crippen LogP contribution in [0.4, 0.5) is 0 Å². The Balaban J connectivity index is 1.39. The van der Waals surface area contributed by atoms with Crippen LogP contribution in [0.2, 0.25) is 0 Å². The number of likely N-dealkylation sites (N-methyl/N-ethyl adjacent to an activating group) is 1. The molecule has 2 unspecified atom stereocenters. The zero-order valence-electron chi connectivity index (χ0n) is 44.8. The monoisotopic (exact) mass is 1180 g/mol. The highest BCUT2D eigenvalue weighted by molar-refractivity contribution is 9.12. The number of carbonyl (C=O) groups is 8. The number of aliphatic carboxylic acids is 1. The van der Waals surface area contributed by atoms with Crippen LogP contribution in [0.5, 0.6) is 0 Å². The van der Waals surface area contributed by atoms with E-state index >= 15 is 0 Å². The number of piperidine rings is 1. The smallest absolute Gasteiger partial charge is 0.306 e. The Morgan fingerprint density at radius 1 is 0.919 bits per heavy atom. The maximum atomic E-state index is 14.7. The minimum absolute atomic E-state index is 0.0301. The van der Waals surface area contributed by atoms with E-state index in [2.05, 4.69) is 47.5 Å². The summed E-state index contributed by atoms with van der Waals surface area (Å²) >= 11 is 7.68. The molecular weight excluding hydrogens is 1100 g/mol. The average Bonchev–Trinajstić information content (AvgIpc) is 3.90. The van der Waals surface area contributed by atoms with E-state index in [1.165, 1.54) is 11.8 Å². The summed E-state index contributed by atoms with van der Waals surface area (Å²) in [5.74, 6) is -4.86. The van der Waals surface area contributed by atoms with E-state index < -0.39 is 80.8 Å². The highest BCUT2D eigenvalue weighted by Gasteiger charge is 2.47. The number of aromatic nitrogens is 1. The molecule has 9 atom stereocenters. The number of carbonyl (C=O) groups excluding carboxylic acids is 7. The SMILES string of the molecule is CC[C@H](C)[C@H](NC(=O)[C@H]1CCCCN1C(=O)CCOC(C)(C)CCOC(C)(C)CN1C(=O)C(Br)C(Br)C1=O)C(=O)N(C)[C@H](C[C@@H](OC(C)=O)c1nc(C(=O)N[C@@H](Cc2ccccc2)C[C@H](C)C(=O)O)cs1)C(C)C. The summed E-state index contributed by atoms with van der Waals surface area (Å²) in [6.45, 7) is 18.8. The van der Waals surface area contributed by atoms with Crippen molar-refractivity contribution in [2.45, 2.75) is 178 Å². The van der Waals surface area contributed by atoms with Crippen molar-refractivity contribution in [3.05, 3.63) is 52.0 Å². The van der Waals surface area contributed by atoms with Gasteiger partial charge in [0.2, 0.25) is 29.5 Å². The number of esters is 1. The molecule has 0 radical (unpaired) electrons. The number of carboxylic acid groups (broad SMARTS) is 1. The van der Waals surface area contributed by atoms with Crippen LogP contribution in [0.25, 0.3) is 0 Å². The third-order valence-electron chi connectivity index (χ3n) is 13.8. The van der Waals surface area contributed by atoms with Gasteiger partial charge in [-0.1, -0.05) is 103 Å². The summed E-state index contributed by atoms with van der Waals surface area (Å²) < 4.78 is 18.1. The first-order valence-corrected chi connectivity index (χ1v) is 28.4. The Kier molecular flexibility index (Phi) is 23.7. The number of rotatable bonds is 28. The maximum Gasteiger partial charge on any atom is 0.306 e. The lowest BCUT2D eigenvalue weighted by atomic mass is 9.92. The van der Waals surface area contributed by atoms with Crippen molar-refractivity contribution < 1.29 is 57.7 Å². The number of likely N-dealkylation sites (tertiary alicyclic amines) is 2. The van der Waals surface area contributed by atoms with Gasteiger partial charge in [-0.15, -0.1) is 11.3 Å². The molecule has 1 aromatic carbocycles. The largest absolute Gasteiger partial charge is 0.481 e. The van der Waals surface area contributed by atoms with Crippen LogP contribution in [-0.4, -0.2) is 151 Å². The summed E-state index contributed by atoms with van der Waals surface area (Å²) in [6, 6.07) is 6.69. The first-order chi connectivity index (χ1) is 34.7. The van der Waals surface area contributed by atoms with E-state index in [9.17, 15) is 43.5 Å². The molecule has 3 heterocycles. The molecule has 2 aliphatic rings. The van der Waals surface area contributed by atoms with Crippen LogP contribution in [0, 0.1) is 17.8 Å². The summed E-state index contributed by atoms with van der Waals surface area (Å²) in [6.07, 6.45) is 2.73. The first kappa shape index (κ1) is 62.2. The van der Waals surface area contributed by atoms with Crippen molar-refractivity contribution in [1.29, 1.82) is 0 Å². The molecule has 412 valence electrons. The number of alkyl halides is 2. The number of nitrogens with one attached hydrogen (secondary N) is 2. The lowest BCUT2D eigenvalue weighted by molar-refractivity contribution is -0.149. The number of benzene rings is 1. The van der Waals surface area contributed by atoms with E-state index in [1.807, 2.05) is 85.7 Å². The molecule has 0 saturated carbocycles. The van der Waals surface area contributed by atoms with Crippen molar-refractivity contribution in [2.24, 2.45) is 17.8 Å². The van der Waals surface area contributed by atoms with Gasteiger partial charge in [0.05, 0.1) is 43.3 Å². The topological polar surface area (TPSA) is 231 Å². The molecule has 1 aromatic heterocycles. The fraction of sp³-hybridized carbons (Fsp3) is 0.679. The number of nitrogens with zero attached hydrogens (tertiary/aromatic N) is 4. The zero-order valence-corrected chi connectivity index (χ0v) is 48.8. The highest BCUT2D eigenvalue weighted by atomic mass is 79.9. The molecule has 2 saturated heterocycles. The molecule has 2 fully saturated rings. The average molecular weight is 1180 g/mol. The summed E-state index contributed by atoms with van der Waals surface area (Å²) in [4.78, 5) is 114. The van der Waals surface area contributed by atoms with Gasteiger partial charge in [-0.2, -0.15) is 0 Å². The molecular formula is C53H78Br2N6O12S. The maximum absolute atomic E-state index is 14.7. The second kappa shape index (κ2) is 28.2. The van der Waals surface area contributed by atoms with E-state index in [1.54, 1.807) is 29.2 Å². The van der Waals surface area contributed by atoms with Crippen LogP contribution in [0.15, 0.2) is 35.7 Å². The van der Waals surface area contributed by atoms with Crippen LogP contribution >= 0.6 is 43.2 Å². The van der Waals surface area contributed by atoms with E-state index in [0.717, 1.165) is 29.7 Å². The molecule has 0 bridgehead atoms. The quantitative estimate of drug-likeness (QED) is 0.0434. The second-order valence-corrected chi connectivity index (χ2v) is 24.1. The number of imide groups is 1. The Morgan fingerprint density at radius 3 is 2.15 bits per heavy atom. The highest BCUT2D eigenvalue weighted by Crippen LogP contribution is 2.32. The van der Waals surface area contributed by atoms with E-state index in [0.29, 0.717) is 37.2 Å². The molecule has 2 aromatic rings. The van der Waals surface area contributed by atoms with Gasteiger partial charge in [0, 0.05) is 44.4 Å². The lowest BCUT2D eigenvalue weighted by Gasteiger charge is -2.39. The van der Waals surface area contributed by atoms with Crippen molar-refractivity contribution >= 4 is 90.6 Å². The van der Waals surface area contributed by atoms with Gasteiger partial charge < -0.3 is 39.8 Å². The van der Waals surface area contributed by atoms with Crippen LogP contribution in [0.3, 0.4) is 0 Å². The molecule has 6 amide bonds. The fourth-order valence-electron chi connectivity index (χ4n) is 9.18. The summed E-state index contributed by atoms with van der Waals surface area (Å²) in [5.41, 5.74) is -0.491. The Bertz CT molecular complexity index is 2240. The van der Waals surface area contributed by atoms with Gasteiger partial charge in [-0.3, -0.25) is 43.3 Å².